The summed E-state index contributed by atoms with van der Waals surface area (Å²) in [6.45, 7) is 7.90. The Labute approximate surface area is 169 Å². The van der Waals surface area contributed by atoms with Gasteiger partial charge in [0.2, 0.25) is 0 Å². The molecule has 2 aliphatic rings. The van der Waals surface area contributed by atoms with Crippen LogP contribution in [0.3, 0.4) is 0 Å². The van der Waals surface area contributed by atoms with Crippen LogP contribution in [0.4, 0.5) is 5.69 Å². The van der Waals surface area contributed by atoms with E-state index in [9.17, 15) is 4.21 Å². The van der Waals surface area contributed by atoms with Crippen LogP contribution in [0.2, 0.25) is 0 Å². The van der Waals surface area contributed by atoms with Gasteiger partial charge in [-0.05, 0) is 44.4 Å². The standard InChI is InChI=1S/C23H30N2O2S/c1-19-14-20(2)16-21(15-19)17-25-10-11-27-23(18-25)8-12-28(26,13-9-23)24-22-6-4-3-5-7-22/h3-7,14-16H,8-13,17-18H2,1-2H3. The highest BCUT2D eigenvalue weighted by molar-refractivity contribution is 7.93. The van der Waals surface area contributed by atoms with E-state index >= 15 is 0 Å². The van der Waals surface area contributed by atoms with Crippen LogP contribution in [-0.2, 0) is 21.0 Å². The molecule has 0 N–H and O–H groups in total. The summed E-state index contributed by atoms with van der Waals surface area (Å²) in [5, 5.41) is 0. The topological polar surface area (TPSA) is 41.9 Å². The van der Waals surface area contributed by atoms with Gasteiger partial charge in [0.25, 0.3) is 0 Å². The molecule has 0 aliphatic carbocycles. The number of ether oxygens (including phenoxy) is 1. The fourth-order valence-electron chi connectivity index (χ4n) is 4.47. The summed E-state index contributed by atoms with van der Waals surface area (Å²) < 4.78 is 24.1. The van der Waals surface area contributed by atoms with E-state index in [1.54, 1.807) is 0 Å². The molecule has 0 radical (unpaired) electrons. The third kappa shape index (κ3) is 4.65. The molecule has 150 valence electrons. The molecule has 0 amide bonds. The lowest BCUT2D eigenvalue weighted by molar-refractivity contribution is -0.115. The molecule has 2 aliphatic heterocycles. The maximum absolute atomic E-state index is 13.2. The Hall–Kier alpha value is -1.69. The van der Waals surface area contributed by atoms with Crippen LogP contribution in [0.1, 0.15) is 29.5 Å². The highest BCUT2D eigenvalue weighted by atomic mass is 32.2. The predicted molar refractivity (Wildman–Crippen MR) is 116 cm³/mol. The van der Waals surface area contributed by atoms with Crippen molar-refractivity contribution in [3.05, 3.63) is 65.2 Å². The fraction of sp³-hybridized carbons (Fsp3) is 0.478. The molecule has 5 heteroatoms. The van der Waals surface area contributed by atoms with Crippen LogP contribution in [-0.4, -0.2) is 45.9 Å². The van der Waals surface area contributed by atoms with E-state index in [1.807, 2.05) is 30.3 Å². The Morgan fingerprint density at radius 1 is 1.07 bits per heavy atom. The predicted octanol–water partition coefficient (Wildman–Crippen LogP) is 4.47. The first-order valence-corrected chi connectivity index (χ1v) is 12.0. The monoisotopic (exact) mass is 398 g/mol. The van der Waals surface area contributed by atoms with Gasteiger partial charge in [-0.25, -0.2) is 4.21 Å². The molecule has 0 aromatic heterocycles. The molecule has 2 heterocycles. The van der Waals surface area contributed by atoms with Gasteiger partial charge in [0.05, 0.1) is 27.6 Å². The molecule has 2 aromatic rings. The van der Waals surface area contributed by atoms with Crippen molar-refractivity contribution >= 4 is 15.4 Å². The number of benzene rings is 2. The average molecular weight is 399 g/mol. The lowest BCUT2D eigenvalue weighted by Crippen LogP contribution is -2.54. The molecule has 2 aromatic carbocycles. The first-order chi connectivity index (χ1) is 13.4. The van der Waals surface area contributed by atoms with Crippen LogP contribution in [0.25, 0.3) is 0 Å². The zero-order valence-electron chi connectivity index (χ0n) is 16.9. The van der Waals surface area contributed by atoms with Gasteiger partial charge in [0.15, 0.2) is 0 Å². The van der Waals surface area contributed by atoms with Crippen molar-refractivity contribution in [3.8, 4) is 0 Å². The first kappa shape index (κ1) is 19.6. The second-order valence-corrected chi connectivity index (χ2v) is 10.9. The summed E-state index contributed by atoms with van der Waals surface area (Å²) in [5.74, 6) is 1.25. The summed E-state index contributed by atoms with van der Waals surface area (Å²) in [7, 11) is -2.18. The molecule has 0 saturated carbocycles. The van der Waals surface area contributed by atoms with Crippen LogP contribution >= 0.6 is 0 Å². The summed E-state index contributed by atoms with van der Waals surface area (Å²) in [6, 6.07) is 16.5. The van der Waals surface area contributed by atoms with E-state index in [4.69, 9.17) is 4.74 Å². The van der Waals surface area contributed by atoms with E-state index < -0.39 is 9.73 Å². The minimum Gasteiger partial charge on any atom is -0.372 e. The van der Waals surface area contributed by atoms with Crippen molar-refractivity contribution in [1.82, 2.24) is 4.90 Å². The third-order valence-corrected chi connectivity index (χ3v) is 8.02. The van der Waals surface area contributed by atoms with Crippen molar-refractivity contribution in [2.24, 2.45) is 4.36 Å². The molecular formula is C23H30N2O2S. The summed E-state index contributed by atoms with van der Waals surface area (Å²) in [5.41, 5.74) is 4.66. The Kier molecular flexibility index (Phi) is 5.59. The Bertz CT molecular complexity index is 914. The third-order valence-electron chi connectivity index (χ3n) is 5.80. The van der Waals surface area contributed by atoms with Gasteiger partial charge in [-0.3, -0.25) is 4.90 Å². The molecule has 1 spiro atoms. The van der Waals surface area contributed by atoms with Crippen LogP contribution in [0.5, 0.6) is 0 Å². The zero-order chi connectivity index (χ0) is 19.6. The van der Waals surface area contributed by atoms with Crippen molar-refractivity contribution in [2.75, 3.05) is 31.2 Å². The maximum atomic E-state index is 13.2. The van der Waals surface area contributed by atoms with E-state index in [-0.39, 0.29) is 5.60 Å². The molecule has 2 fully saturated rings. The molecule has 2 saturated heterocycles. The minimum absolute atomic E-state index is 0.162. The minimum atomic E-state index is -2.18. The van der Waals surface area contributed by atoms with Gasteiger partial charge in [-0.15, -0.1) is 0 Å². The smallest absolute Gasteiger partial charge is 0.0827 e. The van der Waals surface area contributed by atoms with E-state index in [1.165, 1.54) is 16.7 Å². The Morgan fingerprint density at radius 3 is 2.43 bits per heavy atom. The highest BCUT2D eigenvalue weighted by Crippen LogP contribution is 2.33. The van der Waals surface area contributed by atoms with Gasteiger partial charge < -0.3 is 4.74 Å². The molecule has 0 atom stereocenters. The number of rotatable bonds is 3. The van der Waals surface area contributed by atoms with Gasteiger partial charge in [0.1, 0.15) is 0 Å². The van der Waals surface area contributed by atoms with Gasteiger partial charge in [-0.2, -0.15) is 4.36 Å². The molecular weight excluding hydrogens is 368 g/mol. The Morgan fingerprint density at radius 2 is 1.75 bits per heavy atom. The molecule has 4 nitrogen and oxygen atoms in total. The van der Waals surface area contributed by atoms with Crippen LogP contribution < -0.4 is 0 Å². The van der Waals surface area contributed by atoms with Gasteiger partial charge >= 0.3 is 0 Å². The quantitative estimate of drug-likeness (QED) is 0.766. The SMILES string of the molecule is Cc1cc(C)cc(CN2CCOC3(CCS(=O)(=Nc4ccccc4)CC3)C2)c1. The number of hydrogen-bond acceptors (Lipinski definition) is 4. The van der Waals surface area contributed by atoms with Crippen molar-refractivity contribution < 1.29 is 8.95 Å². The van der Waals surface area contributed by atoms with Gasteiger partial charge in [0, 0.05) is 31.1 Å². The largest absolute Gasteiger partial charge is 0.372 e. The Balaban J connectivity index is 1.43. The molecule has 0 unspecified atom stereocenters. The number of hydrogen-bond donors (Lipinski definition) is 0. The van der Waals surface area contributed by atoms with Gasteiger partial charge in [-0.1, -0.05) is 47.5 Å². The summed E-state index contributed by atoms with van der Waals surface area (Å²) >= 11 is 0. The first-order valence-electron chi connectivity index (χ1n) is 10.1. The maximum Gasteiger partial charge on any atom is 0.0827 e. The van der Waals surface area contributed by atoms with Crippen molar-refractivity contribution in [1.29, 1.82) is 0 Å². The van der Waals surface area contributed by atoms with E-state index in [0.29, 0.717) is 11.5 Å². The molecule has 4 rings (SSSR count). The average Bonchev–Trinajstić information content (AvgIpc) is 2.65. The lowest BCUT2D eigenvalue weighted by Gasteiger charge is -2.45. The van der Waals surface area contributed by atoms with E-state index in [2.05, 4.69) is 41.3 Å². The highest BCUT2D eigenvalue weighted by Gasteiger charge is 2.41. The number of nitrogens with zero attached hydrogens (tertiary/aromatic N) is 2. The molecule has 0 bridgehead atoms. The van der Waals surface area contributed by atoms with Crippen molar-refractivity contribution in [3.63, 3.8) is 0 Å². The summed E-state index contributed by atoms with van der Waals surface area (Å²) in [4.78, 5) is 2.50. The fourth-order valence-corrected chi connectivity index (χ4v) is 6.74. The van der Waals surface area contributed by atoms with Crippen molar-refractivity contribution in [2.45, 2.75) is 38.8 Å². The zero-order valence-corrected chi connectivity index (χ0v) is 17.7. The lowest BCUT2D eigenvalue weighted by atomic mass is 9.94. The normalized spacial score (nSPS) is 28.4. The second-order valence-electron chi connectivity index (χ2n) is 8.35. The second kappa shape index (κ2) is 7.97. The molecule has 28 heavy (non-hydrogen) atoms. The number of morpholine rings is 1. The number of aryl methyl sites for hydroxylation is 2. The van der Waals surface area contributed by atoms with Crippen LogP contribution in [0, 0.1) is 13.8 Å². The van der Waals surface area contributed by atoms with Crippen LogP contribution in [0.15, 0.2) is 52.9 Å². The van der Waals surface area contributed by atoms with E-state index in [0.717, 1.165) is 44.8 Å². The summed E-state index contributed by atoms with van der Waals surface area (Å²) in [6.07, 6.45) is 1.65.